The quantitative estimate of drug-likeness (QED) is 0.721. The van der Waals surface area contributed by atoms with E-state index in [0.29, 0.717) is 18.0 Å². The van der Waals surface area contributed by atoms with Crippen LogP contribution in [0.4, 0.5) is 0 Å². The minimum Gasteiger partial charge on any atom is -0.351 e. The van der Waals surface area contributed by atoms with Gasteiger partial charge in [0.05, 0.1) is 0 Å². The number of thiophene rings is 1. The van der Waals surface area contributed by atoms with E-state index in [-0.39, 0.29) is 5.91 Å². The summed E-state index contributed by atoms with van der Waals surface area (Å²) < 4.78 is 0. The van der Waals surface area contributed by atoms with Crippen molar-refractivity contribution in [3.8, 4) is 0 Å². The van der Waals surface area contributed by atoms with Crippen LogP contribution in [0.2, 0.25) is 0 Å². The van der Waals surface area contributed by atoms with Gasteiger partial charge in [0.25, 0.3) is 5.91 Å². The summed E-state index contributed by atoms with van der Waals surface area (Å²) in [6.45, 7) is 0.524. The van der Waals surface area contributed by atoms with E-state index < -0.39 is 0 Å². The lowest BCUT2D eigenvalue weighted by Gasteiger charge is -1.98. The Labute approximate surface area is 74.2 Å². The van der Waals surface area contributed by atoms with Crippen molar-refractivity contribution >= 4 is 28.8 Å². The van der Waals surface area contributed by atoms with Crippen molar-refractivity contribution < 1.29 is 4.79 Å². The first kappa shape index (κ1) is 8.56. The molecule has 11 heavy (non-hydrogen) atoms. The van der Waals surface area contributed by atoms with Gasteiger partial charge in [-0.2, -0.15) is 11.3 Å². The molecule has 1 N–H and O–H groups in total. The number of rotatable bonds is 3. The Hall–Kier alpha value is -0.540. The summed E-state index contributed by atoms with van der Waals surface area (Å²) in [6.07, 6.45) is 0. The number of hydrogen-bond donors (Lipinski definition) is 1. The molecule has 0 spiro atoms. The first-order valence-corrected chi connectivity index (χ1v) is 4.68. The summed E-state index contributed by atoms with van der Waals surface area (Å²) >= 11 is 6.90. The van der Waals surface area contributed by atoms with Crippen molar-refractivity contribution in [3.63, 3.8) is 0 Å². The SMILES string of the molecule is O=C(NCCCl)c1ccsc1. The fraction of sp³-hybridized carbons (Fsp3) is 0.286. The maximum Gasteiger partial charge on any atom is 0.252 e. The van der Waals surface area contributed by atoms with E-state index >= 15 is 0 Å². The average Bonchev–Trinajstić information content (AvgIpc) is 2.52. The van der Waals surface area contributed by atoms with Gasteiger partial charge in [-0.3, -0.25) is 4.79 Å². The molecule has 0 aliphatic carbocycles. The molecular weight excluding hydrogens is 182 g/mol. The maximum absolute atomic E-state index is 11.1. The van der Waals surface area contributed by atoms with Gasteiger partial charge in [0, 0.05) is 23.4 Å². The van der Waals surface area contributed by atoms with Gasteiger partial charge in [-0.1, -0.05) is 0 Å². The highest BCUT2D eigenvalue weighted by Gasteiger charge is 2.02. The summed E-state index contributed by atoms with van der Waals surface area (Å²) in [5, 5.41) is 6.35. The molecular formula is C7H8ClNOS. The first-order valence-electron chi connectivity index (χ1n) is 3.21. The summed E-state index contributed by atoms with van der Waals surface area (Å²) in [6, 6.07) is 1.79. The van der Waals surface area contributed by atoms with Crippen molar-refractivity contribution in [2.24, 2.45) is 0 Å². The molecule has 0 saturated carbocycles. The van der Waals surface area contributed by atoms with Gasteiger partial charge >= 0.3 is 0 Å². The smallest absolute Gasteiger partial charge is 0.252 e. The molecule has 0 aliphatic heterocycles. The molecule has 0 unspecified atom stereocenters. The van der Waals surface area contributed by atoms with Crippen LogP contribution in [0.5, 0.6) is 0 Å². The van der Waals surface area contributed by atoms with Crippen LogP contribution in [0.25, 0.3) is 0 Å². The van der Waals surface area contributed by atoms with Crippen molar-refractivity contribution in [1.82, 2.24) is 5.32 Å². The largest absolute Gasteiger partial charge is 0.351 e. The molecule has 0 atom stereocenters. The third-order valence-electron chi connectivity index (χ3n) is 1.16. The second-order valence-electron chi connectivity index (χ2n) is 1.96. The molecule has 2 nitrogen and oxygen atoms in total. The topological polar surface area (TPSA) is 29.1 Å². The fourth-order valence-electron chi connectivity index (χ4n) is 0.657. The maximum atomic E-state index is 11.1. The second-order valence-corrected chi connectivity index (χ2v) is 3.11. The molecule has 0 radical (unpaired) electrons. The number of carbonyl (C=O) groups excluding carboxylic acids is 1. The molecule has 0 aliphatic rings. The van der Waals surface area contributed by atoms with E-state index in [2.05, 4.69) is 5.32 Å². The Balaban J connectivity index is 2.43. The minimum atomic E-state index is -0.0492. The molecule has 1 rings (SSSR count). The molecule has 1 heterocycles. The zero-order valence-corrected chi connectivity index (χ0v) is 7.41. The highest BCUT2D eigenvalue weighted by atomic mass is 35.5. The second kappa shape index (κ2) is 4.36. The average molecular weight is 190 g/mol. The van der Waals surface area contributed by atoms with Gasteiger partial charge in [-0.05, 0) is 11.4 Å². The van der Waals surface area contributed by atoms with Crippen LogP contribution in [-0.2, 0) is 0 Å². The molecule has 0 saturated heterocycles. The van der Waals surface area contributed by atoms with Crippen molar-refractivity contribution in [2.75, 3.05) is 12.4 Å². The molecule has 0 aromatic carbocycles. The van der Waals surface area contributed by atoms with Crippen LogP contribution in [0, 0.1) is 0 Å². The lowest BCUT2D eigenvalue weighted by atomic mass is 10.3. The molecule has 1 aromatic rings. The minimum absolute atomic E-state index is 0.0492. The van der Waals surface area contributed by atoms with Crippen molar-refractivity contribution in [2.45, 2.75) is 0 Å². The zero-order valence-electron chi connectivity index (χ0n) is 5.84. The zero-order chi connectivity index (χ0) is 8.10. The molecule has 0 fully saturated rings. The number of halogens is 1. The van der Waals surface area contributed by atoms with Gasteiger partial charge < -0.3 is 5.32 Å². The van der Waals surface area contributed by atoms with Gasteiger partial charge in [-0.25, -0.2) is 0 Å². The number of hydrogen-bond acceptors (Lipinski definition) is 2. The monoisotopic (exact) mass is 189 g/mol. The van der Waals surface area contributed by atoms with E-state index in [1.165, 1.54) is 11.3 Å². The van der Waals surface area contributed by atoms with Crippen molar-refractivity contribution in [1.29, 1.82) is 0 Å². The summed E-state index contributed by atoms with van der Waals surface area (Å²) in [5.74, 6) is 0.405. The van der Waals surface area contributed by atoms with E-state index in [1.54, 1.807) is 6.07 Å². The number of amides is 1. The van der Waals surface area contributed by atoms with E-state index in [4.69, 9.17) is 11.6 Å². The lowest BCUT2D eigenvalue weighted by molar-refractivity contribution is 0.0956. The fourth-order valence-corrected chi connectivity index (χ4v) is 1.39. The summed E-state index contributed by atoms with van der Waals surface area (Å²) in [4.78, 5) is 11.1. The predicted octanol–water partition coefficient (Wildman–Crippen LogP) is 1.72. The van der Waals surface area contributed by atoms with Crippen LogP contribution in [0.1, 0.15) is 10.4 Å². The van der Waals surface area contributed by atoms with Gasteiger partial charge in [0.15, 0.2) is 0 Å². The molecule has 1 aromatic heterocycles. The standard InChI is InChI=1S/C7H8ClNOS/c8-2-3-9-7(10)6-1-4-11-5-6/h1,4-5H,2-3H2,(H,9,10). The number of carbonyl (C=O) groups is 1. The van der Waals surface area contributed by atoms with Crippen molar-refractivity contribution in [3.05, 3.63) is 22.4 Å². The summed E-state index contributed by atoms with van der Waals surface area (Å²) in [7, 11) is 0. The van der Waals surface area contributed by atoms with Gasteiger partial charge in [-0.15, -0.1) is 11.6 Å². The van der Waals surface area contributed by atoms with Gasteiger partial charge in [0.2, 0.25) is 0 Å². The first-order chi connectivity index (χ1) is 5.34. The summed E-state index contributed by atoms with van der Waals surface area (Å²) in [5.41, 5.74) is 0.708. The Morgan fingerprint density at radius 2 is 2.55 bits per heavy atom. The third-order valence-corrected chi connectivity index (χ3v) is 2.04. The number of nitrogens with one attached hydrogen (secondary N) is 1. The van der Waals surface area contributed by atoms with E-state index in [1.807, 2.05) is 10.8 Å². The molecule has 4 heteroatoms. The Morgan fingerprint density at radius 1 is 1.73 bits per heavy atom. The lowest BCUT2D eigenvalue weighted by Crippen LogP contribution is -2.24. The van der Waals surface area contributed by atoms with Crippen LogP contribution in [0.15, 0.2) is 16.8 Å². The molecule has 0 bridgehead atoms. The number of alkyl halides is 1. The van der Waals surface area contributed by atoms with Crippen LogP contribution in [-0.4, -0.2) is 18.3 Å². The van der Waals surface area contributed by atoms with Gasteiger partial charge in [0.1, 0.15) is 0 Å². The Morgan fingerprint density at radius 3 is 3.09 bits per heavy atom. The van der Waals surface area contributed by atoms with E-state index in [9.17, 15) is 4.79 Å². The molecule has 1 amide bonds. The van der Waals surface area contributed by atoms with Crippen LogP contribution < -0.4 is 5.32 Å². The highest BCUT2D eigenvalue weighted by molar-refractivity contribution is 7.08. The Bertz CT molecular complexity index is 222. The third kappa shape index (κ3) is 2.52. The highest BCUT2D eigenvalue weighted by Crippen LogP contribution is 2.04. The molecule has 60 valence electrons. The Kier molecular flexibility index (Phi) is 3.39. The predicted molar refractivity (Wildman–Crippen MR) is 47.4 cm³/mol. The van der Waals surface area contributed by atoms with Crippen LogP contribution >= 0.6 is 22.9 Å². The van der Waals surface area contributed by atoms with E-state index in [0.717, 1.165) is 0 Å². The normalized spacial score (nSPS) is 9.55. The van der Waals surface area contributed by atoms with Crippen LogP contribution in [0.3, 0.4) is 0 Å².